The minimum absolute atomic E-state index is 1.27. The SMILES string of the molecule is C1=C(c2ccccc2)CCCC1.O=C(O)O. The van der Waals surface area contributed by atoms with E-state index >= 15 is 0 Å². The van der Waals surface area contributed by atoms with Gasteiger partial charge in [0.1, 0.15) is 0 Å². The van der Waals surface area contributed by atoms with Crippen LogP contribution in [0.2, 0.25) is 0 Å². The van der Waals surface area contributed by atoms with Gasteiger partial charge in [-0.1, -0.05) is 36.4 Å². The van der Waals surface area contributed by atoms with Gasteiger partial charge in [0.2, 0.25) is 0 Å². The van der Waals surface area contributed by atoms with Gasteiger partial charge in [-0.25, -0.2) is 4.79 Å². The van der Waals surface area contributed by atoms with Crippen LogP contribution in [0.5, 0.6) is 0 Å². The molecule has 2 N–H and O–H groups in total. The maximum absolute atomic E-state index is 8.56. The fraction of sp³-hybridized carbons (Fsp3) is 0.308. The average molecular weight is 220 g/mol. The molecule has 1 aliphatic rings. The molecule has 0 heterocycles. The Balaban J connectivity index is 0.000000280. The Bertz CT molecular complexity index is 351. The largest absolute Gasteiger partial charge is 0.503 e. The summed E-state index contributed by atoms with van der Waals surface area (Å²) in [4.78, 5) is 8.56. The molecule has 0 unspecified atom stereocenters. The van der Waals surface area contributed by atoms with Gasteiger partial charge in [-0.15, -0.1) is 0 Å². The summed E-state index contributed by atoms with van der Waals surface area (Å²) in [5, 5.41) is 13.9. The number of rotatable bonds is 1. The lowest BCUT2D eigenvalue weighted by molar-refractivity contribution is 0.137. The number of carbonyl (C=O) groups is 1. The van der Waals surface area contributed by atoms with Crippen molar-refractivity contribution >= 4 is 11.7 Å². The molecule has 2 rings (SSSR count). The lowest BCUT2D eigenvalue weighted by Gasteiger charge is -2.12. The average Bonchev–Trinajstić information content (AvgIpc) is 2.31. The van der Waals surface area contributed by atoms with Gasteiger partial charge in [-0.05, 0) is 36.8 Å². The van der Waals surface area contributed by atoms with Crippen LogP contribution in [-0.2, 0) is 0 Å². The van der Waals surface area contributed by atoms with Crippen LogP contribution in [0, 0.1) is 0 Å². The Morgan fingerprint density at radius 3 is 2.19 bits per heavy atom. The zero-order valence-corrected chi connectivity index (χ0v) is 9.10. The monoisotopic (exact) mass is 220 g/mol. The van der Waals surface area contributed by atoms with Gasteiger partial charge in [-0.3, -0.25) is 0 Å². The van der Waals surface area contributed by atoms with E-state index in [1.54, 1.807) is 5.57 Å². The van der Waals surface area contributed by atoms with Gasteiger partial charge in [0.05, 0.1) is 0 Å². The van der Waals surface area contributed by atoms with Crippen molar-refractivity contribution in [3.63, 3.8) is 0 Å². The number of benzene rings is 1. The normalized spacial score (nSPS) is 14.4. The number of hydrogen-bond donors (Lipinski definition) is 2. The highest BCUT2D eigenvalue weighted by molar-refractivity contribution is 5.65. The molecule has 1 aliphatic carbocycles. The molecule has 0 aromatic heterocycles. The van der Waals surface area contributed by atoms with Crippen LogP contribution in [0.4, 0.5) is 4.79 Å². The summed E-state index contributed by atoms with van der Waals surface area (Å²) in [5.41, 5.74) is 2.96. The quantitative estimate of drug-likeness (QED) is 0.755. The smallest absolute Gasteiger partial charge is 0.450 e. The number of carboxylic acid groups (broad SMARTS) is 2. The van der Waals surface area contributed by atoms with E-state index in [2.05, 4.69) is 36.4 Å². The van der Waals surface area contributed by atoms with E-state index in [-0.39, 0.29) is 0 Å². The molecule has 0 fully saturated rings. The lowest BCUT2D eigenvalue weighted by Crippen LogP contribution is -1.90. The Kier molecular flexibility index (Phi) is 5.12. The molecule has 86 valence electrons. The standard InChI is InChI=1S/C12H14.CH2O3/c1-3-7-11(8-4-1)12-9-5-2-6-10-12;2-1(3)4/h1,3-4,7-9H,2,5-6,10H2;(H2,2,3,4). The fourth-order valence-corrected chi connectivity index (χ4v) is 1.75. The topological polar surface area (TPSA) is 57.5 Å². The van der Waals surface area contributed by atoms with Crippen molar-refractivity contribution in [2.45, 2.75) is 25.7 Å². The maximum Gasteiger partial charge on any atom is 0.503 e. The third-order valence-electron chi connectivity index (χ3n) is 2.44. The van der Waals surface area contributed by atoms with Crippen molar-refractivity contribution < 1.29 is 15.0 Å². The zero-order valence-electron chi connectivity index (χ0n) is 9.10. The Hall–Kier alpha value is -1.77. The van der Waals surface area contributed by atoms with Gasteiger partial charge >= 0.3 is 6.16 Å². The van der Waals surface area contributed by atoms with E-state index in [0.29, 0.717) is 0 Å². The van der Waals surface area contributed by atoms with Crippen LogP contribution in [0.15, 0.2) is 36.4 Å². The molecule has 0 atom stereocenters. The molecule has 0 saturated heterocycles. The van der Waals surface area contributed by atoms with Crippen molar-refractivity contribution in [1.82, 2.24) is 0 Å². The van der Waals surface area contributed by atoms with Crippen molar-refractivity contribution in [1.29, 1.82) is 0 Å². The van der Waals surface area contributed by atoms with Gasteiger partial charge in [0, 0.05) is 0 Å². The highest BCUT2D eigenvalue weighted by Gasteiger charge is 2.04. The van der Waals surface area contributed by atoms with Gasteiger partial charge in [0.25, 0.3) is 0 Å². The Morgan fingerprint density at radius 1 is 1.06 bits per heavy atom. The molecule has 16 heavy (non-hydrogen) atoms. The summed E-state index contributed by atoms with van der Waals surface area (Å²) in [7, 11) is 0. The second kappa shape index (κ2) is 6.67. The summed E-state index contributed by atoms with van der Waals surface area (Å²) in [6, 6.07) is 10.7. The number of allylic oxidation sites excluding steroid dienone is 2. The molecule has 0 saturated carbocycles. The van der Waals surface area contributed by atoms with Crippen LogP contribution in [0.1, 0.15) is 31.2 Å². The minimum Gasteiger partial charge on any atom is -0.450 e. The predicted octanol–water partition coefficient (Wildman–Crippen LogP) is 3.87. The lowest BCUT2D eigenvalue weighted by atomic mass is 9.94. The van der Waals surface area contributed by atoms with Crippen molar-refractivity contribution in [2.75, 3.05) is 0 Å². The predicted molar refractivity (Wildman–Crippen MR) is 63.5 cm³/mol. The van der Waals surface area contributed by atoms with Crippen LogP contribution < -0.4 is 0 Å². The molecular weight excluding hydrogens is 204 g/mol. The molecule has 0 radical (unpaired) electrons. The van der Waals surface area contributed by atoms with E-state index < -0.39 is 6.16 Å². The van der Waals surface area contributed by atoms with Crippen LogP contribution in [0.25, 0.3) is 5.57 Å². The third-order valence-corrected chi connectivity index (χ3v) is 2.44. The molecule has 1 aromatic rings. The minimum atomic E-state index is -1.83. The van der Waals surface area contributed by atoms with Crippen molar-refractivity contribution in [3.05, 3.63) is 42.0 Å². The van der Waals surface area contributed by atoms with E-state index in [1.807, 2.05) is 0 Å². The molecule has 0 amide bonds. The maximum atomic E-state index is 8.56. The van der Waals surface area contributed by atoms with Gasteiger partial charge < -0.3 is 10.2 Å². The molecule has 0 spiro atoms. The molecular formula is C13H16O3. The summed E-state index contributed by atoms with van der Waals surface area (Å²) in [5.74, 6) is 0. The van der Waals surface area contributed by atoms with E-state index in [9.17, 15) is 0 Å². The molecule has 0 bridgehead atoms. The molecule has 0 aliphatic heterocycles. The van der Waals surface area contributed by atoms with E-state index in [0.717, 1.165) is 0 Å². The Labute approximate surface area is 95.0 Å². The third kappa shape index (κ3) is 4.64. The van der Waals surface area contributed by atoms with E-state index in [4.69, 9.17) is 15.0 Å². The Morgan fingerprint density at radius 2 is 1.69 bits per heavy atom. The summed E-state index contributed by atoms with van der Waals surface area (Å²) < 4.78 is 0. The first-order valence-corrected chi connectivity index (χ1v) is 5.36. The first-order chi connectivity index (χ1) is 7.70. The second-order valence-corrected chi connectivity index (χ2v) is 3.62. The first-order valence-electron chi connectivity index (χ1n) is 5.36. The molecule has 3 nitrogen and oxygen atoms in total. The van der Waals surface area contributed by atoms with Gasteiger partial charge in [-0.2, -0.15) is 0 Å². The molecule has 3 heteroatoms. The summed E-state index contributed by atoms with van der Waals surface area (Å²) >= 11 is 0. The molecule has 1 aromatic carbocycles. The second-order valence-electron chi connectivity index (χ2n) is 3.62. The van der Waals surface area contributed by atoms with Crippen molar-refractivity contribution in [2.24, 2.45) is 0 Å². The van der Waals surface area contributed by atoms with E-state index in [1.165, 1.54) is 31.2 Å². The van der Waals surface area contributed by atoms with Crippen LogP contribution in [0.3, 0.4) is 0 Å². The summed E-state index contributed by atoms with van der Waals surface area (Å²) in [6.45, 7) is 0. The zero-order chi connectivity index (χ0) is 11.8. The number of hydrogen-bond acceptors (Lipinski definition) is 1. The highest BCUT2D eigenvalue weighted by atomic mass is 16.6. The summed E-state index contributed by atoms with van der Waals surface area (Å²) in [6.07, 6.45) is 5.82. The van der Waals surface area contributed by atoms with Crippen LogP contribution >= 0.6 is 0 Å². The fourth-order valence-electron chi connectivity index (χ4n) is 1.75. The van der Waals surface area contributed by atoms with Crippen molar-refractivity contribution in [3.8, 4) is 0 Å². The van der Waals surface area contributed by atoms with Crippen LogP contribution in [-0.4, -0.2) is 16.4 Å². The first kappa shape index (κ1) is 12.3. The van der Waals surface area contributed by atoms with Gasteiger partial charge in [0.15, 0.2) is 0 Å². The highest BCUT2D eigenvalue weighted by Crippen LogP contribution is 2.25.